The van der Waals surface area contributed by atoms with E-state index in [4.69, 9.17) is 14.9 Å². The second-order valence-corrected chi connectivity index (χ2v) is 3.27. The van der Waals surface area contributed by atoms with Crippen LogP contribution in [0.5, 0.6) is 0 Å². The van der Waals surface area contributed by atoms with E-state index in [0.29, 0.717) is 12.7 Å². The summed E-state index contributed by atoms with van der Waals surface area (Å²) < 4.78 is 5.41. The Morgan fingerprint density at radius 3 is 1.92 bits per heavy atom. The SMILES string of the molecule is CCC1CCC(CO)O1.CCCO. The number of aliphatic hydroxyl groups excluding tert-OH is 2. The summed E-state index contributed by atoms with van der Waals surface area (Å²) in [5, 5.41) is 16.5. The first kappa shape index (κ1) is 12.9. The molecule has 0 amide bonds. The first-order valence-corrected chi connectivity index (χ1v) is 5.15. The predicted octanol–water partition coefficient (Wildman–Crippen LogP) is 1.32. The van der Waals surface area contributed by atoms with Crippen LogP contribution in [0.4, 0.5) is 0 Å². The zero-order valence-corrected chi connectivity index (χ0v) is 8.70. The Labute approximate surface area is 80.7 Å². The lowest BCUT2D eigenvalue weighted by atomic mass is 10.2. The third-order valence-corrected chi connectivity index (χ3v) is 2.08. The molecule has 0 spiro atoms. The molecular formula is C10H22O3. The Bertz CT molecular complexity index is 94.3. The van der Waals surface area contributed by atoms with Gasteiger partial charge in [-0.2, -0.15) is 0 Å². The molecule has 1 aliphatic heterocycles. The lowest BCUT2D eigenvalue weighted by Crippen LogP contribution is -2.13. The van der Waals surface area contributed by atoms with E-state index < -0.39 is 0 Å². The molecule has 80 valence electrons. The Morgan fingerprint density at radius 1 is 1.15 bits per heavy atom. The summed E-state index contributed by atoms with van der Waals surface area (Å²) in [6.07, 6.45) is 4.67. The van der Waals surface area contributed by atoms with Gasteiger partial charge in [-0.3, -0.25) is 0 Å². The molecule has 1 fully saturated rings. The van der Waals surface area contributed by atoms with Crippen molar-refractivity contribution in [3.05, 3.63) is 0 Å². The van der Waals surface area contributed by atoms with Gasteiger partial charge in [-0.1, -0.05) is 13.8 Å². The fraction of sp³-hybridized carbons (Fsp3) is 1.00. The summed E-state index contributed by atoms with van der Waals surface area (Å²) in [7, 11) is 0. The highest BCUT2D eigenvalue weighted by atomic mass is 16.5. The van der Waals surface area contributed by atoms with Gasteiger partial charge in [0.1, 0.15) is 0 Å². The third-order valence-electron chi connectivity index (χ3n) is 2.08. The van der Waals surface area contributed by atoms with E-state index in [1.807, 2.05) is 6.92 Å². The van der Waals surface area contributed by atoms with Crippen LogP contribution in [-0.2, 0) is 4.74 Å². The van der Waals surface area contributed by atoms with Crippen LogP contribution in [0.3, 0.4) is 0 Å². The van der Waals surface area contributed by atoms with Crippen LogP contribution in [0.15, 0.2) is 0 Å². The molecule has 13 heavy (non-hydrogen) atoms. The Morgan fingerprint density at radius 2 is 1.69 bits per heavy atom. The quantitative estimate of drug-likeness (QED) is 0.705. The maximum Gasteiger partial charge on any atom is 0.0810 e. The first-order chi connectivity index (χ1) is 6.28. The van der Waals surface area contributed by atoms with Gasteiger partial charge in [0, 0.05) is 6.61 Å². The molecule has 1 heterocycles. The zero-order chi connectivity index (χ0) is 10.1. The fourth-order valence-electron chi connectivity index (χ4n) is 1.21. The smallest absolute Gasteiger partial charge is 0.0810 e. The minimum atomic E-state index is 0.134. The van der Waals surface area contributed by atoms with Crippen molar-refractivity contribution in [3.63, 3.8) is 0 Å². The summed E-state index contributed by atoms with van der Waals surface area (Å²) in [6.45, 7) is 4.56. The Balaban J connectivity index is 0.000000310. The van der Waals surface area contributed by atoms with Gasteiger partial charge in [0.05, 0.1) is 18.8 Å². The number of hydrogen-bond acceptors (Lipinski definition) is 3. The van der Waals surface area contributed by atoms with Crippen molar-refractivity contribution >= 4 is 0 Å². The van der Waals surface area contributed by atoms with Crippen molar-refractivity contribution in [2.24, 2.45) is 0 Å². The van der Waals surface area contributed by atoms with E-state index in [2.05, 4.69) is 6.92 Å². The van der Waals surface area contributed by atoms with Crippen LogP contribution >= 0.6 is 0 Å². The highest BCUT2D eigenvalue weighted by molar-refractivity contribution is 4.71. The van der Waals surface area contributed by atoms with E-state index in [1.165, 1.54) is 0 Å². The topological polar surface area (TPSA) is 49.7 Å². The molecule has 1 saturated heterocycles. The molecule has 0 saturated carbocycles. The summed E-state index contributed by atoms with van der Waals surface area (Å²) in [5.41, 5.74) is 0. The molecule has 0 bridgehead atoms. The van der Waals surface area contributed by atoms with Crippen molar-refractivity contribution in [2.75, 3.05) is 13.2 Å². The molecule has 0 radical (unpaired) electrons. The standard InChI is InChI=1S/C7H14O2.C3H8O/c1-2-6-3-4-7(5-8)9-6;1-2-3-4/h6-8H,2-5H2,1H3;4H,2-3H2,1H3. The molecule has 1 rings (SSSR count). The summed E-state index contributed by atoms with van der Waals surface area (Å²) in [4.78, 5) is 0. The number of ether oxygens (including phenoxy) is 1. The second kappa shape index (κ2) is 8.48. The monoisotopic (exact) mass is 190 g/mol. The van der Waals surface area contributed by atoms with E-state index >= 15 is 0 Å². The molecule has 2 unspecified atom stereocenters. The molecule has 2 N–H and O–H groups in total. The van der Waals surface area contributed by atoms with Gasteiger partial charge in [-0.25, -0.2) is 0 Å². The average Bonchev–Trinajstić information content (AvgIpc) is 2.66. The van der Waals surface area contributed by atoms with Crippen molar-refractivity contribution < 1.29 is 14.9 Å². The summed E-state index contributed by atoms with van der Waals surface area (Å²) >= 11 is 0. The van der Waals surface area contributed by atoms with Crippen LogP contribution in [0.1, 0.15) is 39.5 Å². The molecular weight excluding hydrogens is 168 g/mol. The molecule has 0 aromatic carbocycles. The van der Waals surface area contributed by atoms with Crippen molar-refractivity contribution in [2.45, 2.75) is 51.7 Å². The number of aliphatic hydroxyl groups is 2. The molecule has 3 nitrogen and oxygen atoms in total. The highest BCUT2D eigenvalue weighted by Crippen LogP contribution is 2.20. The van der Waals surface area contributed by atoms with Crippen LogP contribution < -0.4 is 0 Å². The van der Waals surface area contributed by atoms with Gasteiger partial charge < -0.3 is 14.9 Å². The Hall–Kier alpha value is -0.120. The van der Waals surface area contributed by atoms with Gasteiger partial charge in [0.15, 0.2) is 0 Å². The third kappa shape index (κ3) is 6.02. The normalized spacial score (nSPS) is 26.8. The van der Waals surface area contributed by atoms with Crippen LogP contribution in [0.25, 0.3) is 0 Å². The summed E-state index contributed by atoms with van der Waals surface area (Å²) in [5.74, 6) is 0. The van der Waals surface area contributed by atoms with Crippen LogP contribution in [0.2, 0.25) is 0 Å². The van der Waals surface area contributed by atoms with Crippen molar-refractivity contribution in [1.29, 1.82) is 0 Å². The predicted molar refractivity (Wildman–Crippen MR) is 52.6 cm³/mol. The van der Waals surface area contributed by atoms with Gasteiger partial charge in [0.25, 0.3) is 0 Å². The zero-order valence-electron chi connectivity index (χ0n) is 8.70. The maximum absolute atomic E-state index is 8.65. The molecule has 0 aliphatic carbocycles. The molecule has 3 heteroatoms. The van der Waals surface area contributed by atoms with E-state index in [1.54, 1.807) is 0 Å². The van der Waals surface area contributed by atoms with Crippen molar-refractivity contribution in [3.8, 4) is 0 Å². The minimum absolute atomic E-state index is 0.134. The van der Waals surface area contributed by atoms with Crippen LogP contribution in [-0.4, -0.2) is 35.6 Å². The molecule has 0 aromatic rings. The molecule has 0 aromatic heterocycles. The second-order valence-electron chi connectivity index (χ2n) is 3.27. The molecule has 1 aliphatic rings. The lowest BCUT2D eigenvalue weighted by molar-refractivity contribution is 0.0106. The largest absolute Gasteiger partial charge is 0.396 e. The van der Waals surface area contributed by atoms with E-state index in [0.717, 1.165) is 25.7 Å². The lowest BCUT2D eigenvalue weighted by Gasteiger charge is -2.08. The summed E-state index contributed by atoms with van der Waals surface area (Å²) in [6, 6.07) is 0. The van der Waals surface area contributed by atoms with Gasteiger partial charge in [0.2, 0.25) is 0 Å². The van der Waals surface area contributed by atoms with Crippen molar-refractivity contribution in [1.82, 2.24) is 0 Å². The van der Waals surface area contributed by atoms with E-state index in [-0.39, 0.29) is 12.7 Å². The fourth-order valence-corrected chi connectivity index (χ4v) is 1.21. The van der Waals surface area contributed by atoms with E-state index in [9.17, 15) is 0 Å². The van der Waals surface area contributed by atoms with Gasteiger partial charge in [-0.05, 0) is 25.7 Å². The number of hydrogen-bond donors (Lipinski definition) is 2. The highest BCUT2D eigenvalue weighted by Gasteiger charge is 2.22. The minimum Gasteiger partial charge on any atom is -0.396 e. The Kier molecular flexibility index (Phi) is 8.40. The van der Waals surface area contributed by atoms with Gasteiger partial charge in [-0.15, -0.1) is 0 Å². The molecule has 2 atom stereocenters. The average molecular weight is 190 g/mol. The van der Waals surface area contributed by atoms with Gasteiger partial charge >= 0.3 is 0 Å². The van der Waals surface area contributed by atoms with Crippen LogP contribution in [0, 0.1) is 0 Å². The first-order valence-electron chi connectivity index (χ1n) is 5.15. The maximum atomic E-state index is 8.65. The number of rotatable bonds is 3.